The predicted octanol–water partition coefficient (Wildman–Crippen LogP) is 3.55. The molecule has 5 heteroatoms. The third kappa shape index (κ3) is 1.91. The van der Waals surface area contributed by atoms with Gasteiger partial charge >= 0.3 is 0 Å². The Kier molecular flexibility index (Phi) is 2.87. The Labute approximate surface area is 119 Å². The van der Waals surface area contributed by atoms with Gasteiger partial charge in [0, 0.05) is 10.9 Å². The van der Waals surface area contributed by atoms with Crippen molar-refractivity contribution in [2.45, 2.75) is 20.8 Å². The Balaban J connectivity index is 2.34. The summed E-state index contributed by atoms with van der Waals surface area (Å²) in [6.07, 6.45) is 1.42. The van der Waals surface area contributed by atoms with E-state index in [1.54, 1.807) is 24.3 Å². The van der Waals surface area contributed by atoms with Crippen LogP contribution in [-0.4, -0.2) is 10.1 Å². The van der Waals surface area contributed by atoms with Crippen LogP contribution in [0.25, 0.3) is 22.2 Å². The number of rotatable bonds is 1. The molecule has 0 atom stereocenters. The van der Waals surface area contributed by atoms with E-state index < -0.39 is 0 Å². The zero-order valence-corrected chi connectivity index (χ0v) is 12.2. The lowest BCUT2D eigenvalue weighted by atomic mass is 10.1. The van der Waals surface area contributed by atoms with Crippen LogP contribution in [0.2, 0.25) is 0 Å². The third-order valence-electron chi connectivity index (χ3n) is 3.25. The van der Waals surface area contributed by atoms with Crippen LogP contribution in [-0.2, 0) is 0 Å². The topological polar surface area (TPSA) is 63.3 Å². The number of benzene rings is 1. The molecule has 0 saturated heterocycles. The summed E-state index contributed by atoms with van der Waals surface area (Å²) in [5.74, 6) is 0.120. The number of phenolic OH excluding ortho intramolecular Hbond substituents is 1. The maximum Gasteiger partial charge on any atom is 0.202 e. The number of phenols is 1. The van der Waals surface area contributed by atoms with Crippen molar-refractivity contribution in [2.24, 2.45) is 0 Å². The molecule has 0 bridgehead atoms. The highest BCUT2D eigenvalue weighted by atomic mass is 32.1. The molecule has 0 fully saturated rings. The fourth-order valence-electron chi connectivity index (χ4n) is 2.22. The number of fused-ring (bicyclic) bond motifs is 1. The predicted molar refractivity (Wildman–Crippen MR) is 79.5 cm³/mol. The summed E-state index contributed by atoms with van der Waals surface area (Å²) in [6.45, 7) is 5.59. The summed E-state index contributed by atoms with van der Waals surface area (Å²) < 4.78 is 5.48. The van der Waals surface area contributed by atoms with E-state index in [0.717, 1.165) is 9.88 Å². The Morgan fingerprint density at radius 3 is 2.65 bits per heavy atom. The fraction of sp³-hybridized carbons (Fsp3) is 0.200. The minimum absolute atomic E-state index is 0.120. The number of hydrogen-bond donors (Lipinski definition) is 1. The molecule has 4 nitrogen and oxygen atoms in total. The normalized spacial score (nSPS) is 11.2. The lowest BCUT2D eigenvalue weighted by molar-refractivity contribution is 0.470. The van der Waals surface area contributed by atoms with Gasteiger partial charge in [-0.3, -0.25) is 4.79 Å². The van der Waals surface area contributed by atoms with Crippen molar-refractivity contribution in [2.75, 3.05) is 0 Å². The number of thiazole rings is 1. The van der Waals surface area contributed by atoms with Crippen molar-refractivity contribution < 1.29 is 9.52 Å². The molecular formula is C15H13NO3S. The molecule has 0 saturated carbocycles. The van der Waals surface area contributed by atoms with Gasteiger partial charge in [-0.2, -0.15) is 0 Å². The maximum atomic E-state index is 12.6. The Morgan fingerprint density at radius 2 is 2.00 bits per heavy atom. The minimum atomic E-state index is -0.122. The number of aromatic nitrogens is 1. The van der Waals surface area contributed by atoms with Gasteiger partial charge < -0.3 is 9.52 Å². The van der Waals surface area contributed by atoms with Gasteiger partial charge in [0.15, 0.2) is 0 Å². The largest absolute Gasteiger partial charge is 0.508 e. The molecule has 20 heavy (non-hydrogen) atoms. The Morgan fingerprint density at radius 1 is 1.25 bits per heavy atom. The lowest BCUT2D eigenvalue weighted by Gasteiger charge is -2.04. The van der Waals surface area contributed by atoms with Crippen LogP contribution in [0, 0.1) is 20.8 Å². The maximum absolute atomic E-state index is 12.6. The Bertz CT molecular complexity index is 877. The molecule has 102 valence electrons. The lowest BCUT2D eigenvalue weighted by Crippen LogP contribution is -2.06. The van der Waals surface area contributed by atoms with Crippen molar-refractivity contribution >= 4 is 22.3 Å². The zero-order valence-electron chi connectivity index (χ0n) is 11.4. The highest BCUT2D eigenvalue weighted by molar-refractivity contribution is 7.11. The van der Waals surface area contributed by atoms with Crippen molar-refractivity contribution in [1.82, 2.24) is 4.98 Å². The average molecular weight is 287 g/mol. The monoisotopic (exact) mass is 287 g/mol. The SMILES string of the molecule is Cc1nc(-c2coc3cc(O)c(C)cc3c2=O)c(C)s1. The minimum Gasteiger partial charge on any atom is -0.508 e. The molecule has 3 aromatic rings. The molecule has 0 amide bonds. The molecule has 0 aliphatic rings. The number of aryl methyl sites for hydroxylation is 3. The standard InChI is InChI=1S/C15H13NO3S/c1-7-4-10-13(5-12(7)17)19-6-11(15(10)18)14-8(2)20-9(3)16-14/h4-6,17H,1-3H3. The molecule has 0 unspecified atom stereocenters. The first-order valence-corrected chi connectivity index (χ1v) is 6.98. The van der Waals surface area contributed by atoms with Gasteiger partial charge in [-0.15, -0.1) is 11.3 Å². The molecule has 3 rings (SSSR count). The van der Waals surface area contributed by atoms with Crippen LogP contribution in [0.15, 0.2) is 27.6 Å². The van der Waals surface area contributed by atoms with Crippen molar-refractivity contribution in [3.05, 3.63) is 44.1 Å². The molecule has 2 heterocycles. The molecule has 1 aromatic carbocycles. The van der Waals surface area contributed by atoms with Gasteiger partial charge in [0.2, 0.25) is 5.43 Å². The molecule has 0 aliphatic carbocycles. The van der Waals surface area contributed by atoms with E-state index in [2.05, 4.69) is 4.98 Å². The molecular weight excluding hydrogens is 274 g/mol. The van der Waals surface area contributed by atoms with Crippen molar-refractivity contribution in [1.29, 1.82) is 0 Å². The summed E-state index contributed by atoms with van der Waals surface area (Å²) in [6, 6.07) is 3.11. The van der Waals surface area contributed by atoms with Crippen LogP contribution in [0.1, 0.15) is 15.4 Å². The third-order valence-corrected chi connectivity index (χ3v) is 4.14. The first-order chi connectivity index (χ1) is 9.47. The van der Waals surface area contributed by atoms with E-state index in [0.29, 0.717) is 27.8 Å². The van der Waals surface area contributed by atoms with Gasteiger partial charge in [0.05, 0.1) is 21.7 Å². The van der Waals surface area contributed by atoms with E-state index in [-0.39, 0.29) is 11.2 Å². The number of nitrogens with zero attached hydrogens (tertiary/aromatic N) is 1. The van der Waals surface area contributed by atoms with Crippen LogP contribution < -0.4 is 5.43 Å². The molecule has 0 spiro atoms. The second-order valence-corrected chi connectivity index (χ2v) is 6.16. The van der Waals surface area contributed by atoms with Gasteiger partial charge in [-0.05, 0) is 32.4 Å². The summed E-state index contributed by atoms with van der Waals surface area (Å²) in [5, 5.41) is 11.0. The van der Waals surface area contributed by atoms with Crippen LogP contribution in [0.5, 0.6) is 5.75 Å². The summed E-state index contributed by atoms with van der Waals surface area (Å²) >= 11 is 1.55. The van der Waals surface area contributed by atoms with E-state index in [9.17, 15) is 9.90 Å². The number of aromatic hydroxyl groups is 1. The molecule has 0 aliphatic heterocycles. The van der Waals surface area contributed by atoms with E-state index >= 15 is 0 Å². The first kappa shape index (κ1) is 12.9. The highest BCUT2D eigenvalue weighted by Crippen LogP contribution is 2.28. The summed E-state index contributed by atoms with van der Waals surface area (Å²) in [4.78, 5) is 18.0. The van der Waals surface area contributed by atoms with Gasteiger partial charge in [0.25, 0.3) is 0 Å². The van der Waals surface area contributed by atoms with E-state index in [4.69, 9.17) is 4.42 Å². The summed E-state index contributed by atoms with van der Waals surface area (Å²) in [7, 11) is 0. The average Bonchev–Trinajstić information content (AvgIpc) is 2.71. The zero-order chi connectivity index (χ0) is 14.4. The van der Waals surface area contributed by atoms with Gasteiger partial charge in [-0.25, -0.2) is 4.98 Å². The first-order valence-electron chi connectivity index (χ1n) is 6.17. The molecule has 1 N–H and O–H groups in total. The van der Waals surface area contributed by atoms with Crippen molar-refractivity contribution in [3.63, 3.8) is 0 Å². The Hall–Kier alpha value is -2.14. The smallest absolute Gasteiger partial charge is 0.202 e. The van der Waals surface area contributed by atoms with E-state index in [1.165, 1.54) is 12.3 Å². The fourth-order valence-corrected chi connectivity index (χ4v) is 3.05. The van der Waals surface area contributed by atoms with Crippen LogP contribution in [0.3, 0.4) is 0 Å². The summed E-state index contributed by atoms with van der Waals surface area (Å²) in [5.41, 5.74) is 2.04. The van der Waals surface area contributed by atoms with Gasteiger partial charge in [0.1, 0.15) is 17.6 Å². The highest BCUT2D eigenvalue weighted by Gasteiger charge is 2.15. The number of hydrogen-bond acceptors (Lipinski definition) is 5. The van der Waals surface area contributed by atoms with Crippen LogP contribution in [0.4, 0.5) is 0 Å². The molecule has 0 radical (unpaired) electrons. The van der Waals surface area contributed by atoms with Crippen molar-refractivity contribution in [3.8, 4) is 17.0 Å². The van der Waals surface area contributed by atoms with E-state index in [1.807, 2.05) is 13.8 Å². The quantitative estimate of drug-likeness (QED) is 0.743. The van der Waals surface area contributed by atoms with Crippen LogP contribution >= 0.6 is 11.3 Å². The van der Waals surface area contributed by atoms with Gasteiger partial charge in [-0.1, -0.05) is 0 Å². The molecule has 2 aromatic heterocycles. The second kappa shape index (κ2) is 4.45. The second-order valence-electron chi connectivity index (χ2n) is 4.75.